The molecule has 1 atom stereocenters. The fourth-order valence-corrected chi connectivity index (χ4v) is 4.58. The molecule has 0 unspecified atom stereocenters. The summed E-state index contributed by atoms with van der Waals surface area (Å²) in [5, 5.41) is 6.06. The zero-order valence-corrected chi connectivity index (χ0v) is 21.6. The Labute approximate surface area is 219 Å². The number of rotatable bonds is 9. The summed E-state index contributed by atoms with van der Waals surface area (Å²) in [6, 6.07) is 17.2. The summed E-state index contributed by atoms with van der Waals surface area (Å²) in [6.45, 7) is 1.78. The van der Waals surface area contributed by atoms with E-state index < -0.39 is 22.0 Å². The molecule has 4 aromatic rings. The van der Waals surface area contributed by atoms with Gasteiger partial charge < -0.3 is 21.1 Å². The van der Waals surface area contributed by atoms with Crippen LogP contribution in [-0.2, 0) is 14.8 Å². The van der Waals surface area contributed by atoms with Gasteiger partial charge in [-0.2, -0.15) is 0 Å². The Bertz CT molecular complexity index is 1560. The first-order chi connectivity index (χ1) is 17.7. The number of aromatic nitrogens is 2. The standard InChI is InChI=1S/C25H25ClN6O4S/c1-3-19(27)25(33)28-15-7-6-8-17(13-15)37(34,35)32-24-23(29-20-9-4-5-10-21(20)30-24)31-22-14-16(36-2)11-12-18(22)26/h4-14,19H,3,27H2,1-2H3,(H,28,33)(H,29,31)(H,30,32)/t19-/m0/s1. The number of benzene rings is 3. The molecule has 1 amide bonds. The van der Waals surface area contributed by atoms with Crippen LogP contribution in [0.15, 0.2) is 71.6 Å². The SMILES string of the molecule is CC[C@H](N)C(=O)Nc1cccc(S(=O)(=O)Nc2nc3ccccc3nc2Nc2cc(OC)ccc2Cl)c1. The van der Waals surface area contributed by atoms with Crippen LogP contribution in [0.3, 0.4) is 0 Å². The average Bonchev–Trinajstić information content (AvgIpc) is 2.89. The van der Waals surface area contributed by atoms with Gasteiger partial charge in [0.1, 0.15) is 5.75 Å². The van der Waals surface area contributed by atoms with E-state index in [-0.39, 0.29) is 16.5 Å². The number of halogens is 1. The number of methoxy groups -OCH3 is 1. The third kappa shape index (κ3) is 6.08. The van der Waals surface area contributed by atoms with Crippen molar-refractivity contribution < 1.29 is 17.9 Å². The lowest BCUT2D eigenvalue weighted by molar-refractivity contribution is -0.117. The maximum atomic E-state index is 13.3. The summed E-state index contributed by atoms with van der Waals surface area (Å²) in [4.78, 5) is 21.1. The van der Waals surface area contributed by atoms with Gasteiger partial charge in [-0.15, -0.1) is 0 Å². The van der Waals surface area contributed by atoms with Crippen LogP contribution in [0.4, 0.5) is 23.0 Å². The van der Waals surface area contributed by atoms with Gasteiger partial charge in [-0.25, -0.2) is 18.4 Å². The van der Waals surface area contributed by atoms with Gasteiger partial charge in [0, 0.05) is 11.8 Å². The summed E-state index contributed by atoms with van der Waals surface area (Å²) in [7, 11) is -2.61. The van der Waals surface area contributed by atoms with Crippen LogP contribution in [0, 0.1) is 0 Å². The zero-order chi connectivity index (χ0) is 26.6. The number of nitrogens with one attached hydrogen (secondary N) is 3. The predicted molar refractivity (Wildman–Crippen MR) is 145 cm³/mol. The van der Waals surface area contributed by atoms with Crippen LogP contribution in [0.2, 0.25) is 5.02 Å². The van der Waals surface area contributed by atoms with E-state index in [1.807, 2.05) is 0 Å². The van der Waals surface area contributed by atoms with Crippen molar-refractivity contribution in [3.63, 3.8) is 0 Å². The third-order valence-corrected chi connectivity index (χ3v) is 7.08. The van der Waals surface area contributed by atoms with Gasteiger partial charge in [0.2, 0.25) is 5.91 Å². The lowest BCUT2D eigenvalue weighted by atomic mass is 10.2. The first-order valence-electron chi connectivity index (χ1n) is 11.3. The minimum atomic E-state index is -4.14. The Balaban J connectivity index is 1.71. The molecule has 5 N–H and O–H groups in total. The van der Waals surface area contributed by atoms with E-state index >= 15 is 0 Å². The summed E-state index contributed by atoms with van der Waals surface area (Å²) in [5.41, 5.74) is 7.53. The molecule has 10 nitrogen and oxygen atoms in total. The molecule has 0 radical (unpaired) electrons. The smallest absolute Gasteiger partial charge is 0.263 e. The monoisotopic (exact) mass is 540 g/mol. The number of sulfonamides is 1. The summed E-state index contributed by atoms with van der Waals surface area (Å²) < 4.78 is 34.5. The molecule has 192 valence electrons. The van der Waals surface area contributed by atoms with Crippen molar-refractivity contribution >= 4 is 61.6 Å². The highest BCUT2D eigenvalue weighted by Gasteiger charge is 2.21. The van der Waals surface area contributed by atoms with E-state index in [1.54, 1.807) is 55.5 Å². The van der Waals surface area contributed by atoms with Gasteiger partial charge in [0.05, 0.1) is 39.8 Å². The Morgan fingerprint density at radius 2 is 1.73 bits per heavy atom. The van der Waals surface area contributed by atoms with Gasteiger partial charge in [0.25, 0.3) is 10.0 Å². The van der Waals surface area contributed by atoms with Gasteiger partial charge in [0.15, 0.2) is 11.6 Å². The molecule has 1 heterocycles. The summed E-state index contributed by atoms with van der Waals surface area (Å²) in [6.07, 6.45) is 0.444. The second-order valence-corrected chi connectivity index (χ2v) is 10.1. The second kappa shape index (κ2) is 11.0. The van der Waals surface area contributed by atoms with Gasteiger partial charge in [-0.05, 0) is 48.9 Å². The lowest BCUT2D eigenvalue weighted by Gasteiger charge is -2.16. The number of carbonyl (C=O) groups excluding carboxylic acids is 1. The molecule has 3 aromatic carbocycles. The topological polar surface area (TPSA) is 148 Å². The molecule has 0 saturated heterocycles. The van der Waals surface area contributed by atoms with Crippen LogP contribution in [0.25, 0.3) is 11.0 Å². The molecule has 4 rings (SSSR count). The number of anilines is 4. The molecular weight excluding hydrogens is 516 g/mol. The summed E-state index contributed by atoms with van der Waals surface area (Å²) >= 11 is 6.35. The molecule has 1 aromatic heterocycles. The zero-order valence-electron chi connectivity index (χ0n) is 20.0. The van der Waals surface area contributed by atoms with Crippen LogP contribution < -0.4 is 25.8 Å². The number of amides is 1. The first kappa shape index (κ1) is 26.1. The van der Waals surface area contributed by atoms with Crippen molar-refractivity contribution in [3.8, 4) is 5.75 Å². The molecule has 0 aliphatic carbocycles. The fourth-order valence-electron chi connectivity index (χ4n) is 3.36. The largest absolute Gasteiger partial charge is 0.497 e. The summed E-state index contributed by atoms with van der Waals surface area (Å²) in [5.74, 6) is 0.229. The van der Waals surface area contributed by atoms with Crippen molar-refractivity contribution in [2.75, 3.05) is 22.5 Å². The number of nitrogens with zero attached hydrogens (tertiary/aromatic N) is 2. The number of carbonyl (C=O) groups is 1. The number of ether oxygens (including phenoxy) is 1. The van der Waals surface area contributed by atoms with E-state index in [2.05, 4.69) is 25.3 Å². The number of fused-ring (bicyclic) bond motifs is 1. The quantitative estimate of drug-likeness (QED) is 0.242. The highest BCUT2D eigenvalue weighted by molar-refractivity contribution is 7.92. The predicted octanol–water partition coefficient (Wildman–Crippen LogP) is 4.51. The molecule has 0 spiro atoms. The van der Waals surface area contributed by atoms with E-state index in [9.17, 15) is 13.2 Å². The van der Waals surface area contributed by atoms with E-state index in [4.69, 9.17) is 22.1 Å². The van der Waals surface area contributed by atoms with E-state index in [0.717, 1.165) is 0 Å². The maximum absolute atomic E-state index is 13.3. The Morgan fingerprint density at radius 1 is 1.03 bits per heavy atom. The number of nitrogens with two attached hydrogens (primary N) is 1. The van der Waals surface area contributed by atoms with Crippen LogP contribution in [0.5, 0.6) is 5.75 Å². The first-order valence-corrected chi connectivity index (χ1v) is 13.1. The molecular formula is C25H25ClN6O4S. The molecule has 0 saturated carbocycles. The van der Waals surface area contributed by atoms with Crippen molar-refractivity contribution in [1.82, 2.24) is 9.97 Å². The van der Waals surface area contributed by atoms with Crippen molar-refractivity contribution in [2.24, 2.45) is 5.73 Å². The molecule has 0 fully saturated rings. The minimum absolute atomic E-state index is 0.0416. The maximum Gasteiger partial charge on any atom is 0.263 e. The van der Waals surface area contributed by atoms with Crippen molar-refractivity contribution in [1.29, 1.82) is 0 Å². The molecule has 12 heteroatoms. The third-order valence-electron chi connectivity index (χ3n) is 5.42. The molecule has 0 aliphatic rings. The minimum Gasteiger partial charge on any atom is -0.497 e. The normalized spacial score (nSPS) is 12.1. The Kier molecular flexibility index (Phi) is 7.77. The van der Waals surface area contributed by atoms with Gasteiger partial charge >= 0.3 is 0 Å². The Morgan fingerprint density at radius 3 is 2.41 bits per heavy atom. The number of hydrogen-bond acceptors (Lipinski definition) is 8. The molecule has 37 heavy (non-hydrogen) atoms. The Hall–Kier alpha value is -3.93. The van der Waals surface area contributed by atoms with Crippen LogP contribution >= 0.6 is 11.6 Å². The van der Waals surface area contributed by atoms with Gasteiger partial charge in [-0.3, -0.25) is 9.52 Å². The second-order valence-electron chi connectivity index (χ2n) is 8.02. The van der Waals surface area contributed by atoms with E-state index in [1.165, 1.54) is 25.3 Å². The highest BCUT2D eigenvalue weighted by atomic mass is 35.5. The average molecular weight is 541 g/mol. The van der Waals surface area contributed by atoms with Crippen LogP contribution in [0.1, 0.15) is 13.3 Å². The molecule has 0 aliphatic heterocycles. The van der Waals surface area contributed by atoms with Crippen molar-refractivity contribution in [3.05, 3.63) is 71.8 Å². The highest BCUT2D eigenvalue weighted by Crippen LogP contribution is 2.33. The lowest BCUT2D eigenvalue weighted by Crippen LogP contribution is -2.34. The van der Waals surface area contributed by atoms with Crippen LogP contribution in [-0.4, -0.2) is 37.4 Å². The molecule has 0 bridgehead atoms. The van der Waals surface area contributed by atoms with Gasteiger partial charge in [-0.1, -0.05) is 36.7 Å². The number of para-hydroxylation sites is 2. The van der Waals surface area contributed by atoms with E-state index in [0.29, 0.717) is 39.6 Å². The van der Waals surface area contributed by atoms with Crippen molar-refractivity contribution in [2.45, 2.75) is 24.3 Å². The number of hydrogen-bond donors (Lipinski definition) is 4. The fraction of sp³-hybridized carbons (Fsp3) is 0.160.